The number of ether oxygens (including phenoxy) is 2. The minimum absolute atomic E-state index is 0.303. The molecular formula is C26H30N4O2. The van der Waals surface area contributed by atoms with E-state index in [-0.39, 0.29) is 5.79 Å². The zero-order valence-corrected chi connectivity index (χ0v) is 19.0. The van der Waals surface area contributed by atoms with Crippen LogP contribution in [0.2, 0.25) is 0 Å². The molecule has 1 aliphatic carbocycles. The Kier molecular flexibility index (Phi) is 4.63. The Bertz CT molecular complexity index is 1290. The summed E-state index contributed by atoms with van der Waals surface area (Å²) in [5, 5.41) is 5.70. The summed E-state index contributed by atoms with van der Waals surface area (Å²) in [5.74, 6) is 0.656. The van der Waals surface area contributed by atoms with Crippen LogP contribution in [0.25, 0.3) is 27.8 Å². The number of rotatable bonds is 3. The van der Waals surface area contributed by atoms with Gasteiger partial charge in [0.1, 0.15) is 6.33 Å². The van der Waals surface area contributed by atoms with E-state index in [0.717, 1.165) is 55.7 Å². The molecule has 4 aromatic rings. The highest BCUT2D eigenvalue weighted by Gasteiger charge is 2.40. The molecule has 6 heteroatoms. The summed E-state index contributed by atoms with van der Waals surface area (Å²) in [4.78, 5) is 8.08. The molecule has 1 N–H and O–H groups in total. The van der Waals surface area contributed by atoms with Crippen molar-refractivity contribution in [2.45, 2.75) is 64.1 Å². The van der Waals surface area contributed by atoms with Gasteiger partial charge in [0.25, 0.3) is 0 Å². The van der Waals surface area contributed by atoms with Crippen molar-refractivity contribution in [3.8, 4) is 11.3 Å². The van der Waals surface area contributed by atoms with Crippen LogP contribution in [-0.4, -0.2) is 38.6 Å². The molecule has 32 heavy (non-hydrogen) atoms. The third kappa shape index (κ3) is 3.16. The van der Waals surface area contributed by atoms with E-state index in [1.165, 1.54) is 27.7 Å². The summed E-state index contributed by atoms with van der Waals surface area (Å²) < 4.78 is 13.7. The Hall–Kier alpha value is -2.70. The molecule has 2 fully saturated rings. The molecule has 1 spiro atoms. The van der Waals surface area contributed by atoms with Crippen LogP contribution in [0.1, 0.15) is 68.1 Å². The molecule has 3 aromatic heterocycles. The first-order valence-electron chi connectivity index (χ1n) is 11.8. The van der Waals surface area contributed by atoms with Gasteiger partial charge in [-0.3, -0.25) is 0 Å². The molecule has 2 aliphatic rings. The van der Waals surface area contributed by atoms with Crippen LogP contribution in [0.15, 0.2) is 36.8 Å². The molecule has 0 amide bonds. The van der Waals surface area contributed by atoms with E-state index in [2.05, 4.69) is 66.3 Å². The van der Waals surface area contributed by atoms with Gasteiger partial charge in [0, 0.05) is 35.5 Å². The summed E-state index contributed by atoms with van der Waals surface area (Å²) >= 11 is 0. The van der Waals surface area contributed by atoms with Crippen molar-refractivity contribution in [3.05, 3.63) is 53.5 Å². The number of fused-ring (bicyclic) bond motifs is 2. The number of aromatic amines is 1. The lowest BCUT2D eigenvalue weighted by atomic mass is 9.80. The summed E-state index contributed by atoms with van der Waals surface area (Å²) in [6.45, 7) is 8.12. The van der Waals surface area contributed by atoms with Crippen LogP contribution in [0.4, 0.5) is 0 Å². The van der Waals surface area contributed by atoms with E-state index in [4.69, 9.17) is 9.47 Å². The quantitative estimate of drug-likeness (QED) is 0.452. The van der Waals surface area contributed by atoms with Gasteiger partial charge in [-0.2, -0.15) is 5.10 Å². The molecule has 0 atom stereocenters. The van der Waals surface area contributed by atoms with Crippen LogP contribution >= 0.6 is 0 Å². The lowest BCUT2D eigenvalue weighted by Gasteiger charge is -2.35. The summed E-state index contributed by atoms with van der Waals surface area (Å²) in [5.41, 5.74) is 8.36. The molecule has 4 heterocycles. The molecule has 6 nitrogen and oxygen atoms in total. The lowest BCUT2D eigenvalue weighted by molar-refractivity contribution is -0.178. The van der Waals surface area contributed by atoms with Crippen molar-refractivity contribution in [3.63, 3.8) is 0 Å². The van der Waals surface area contributed by atoms with E-state index < -0.39 is 0 Å². The lowest BCUT2D eigenvalue weighted by Crippen LogP contribution is -2.34. The molecule has 6 rings (SSSR count). The molecule has 1 aromatic carbocycles. The monoisotopic (exact) mass is 430 g/mol. The van der Waals surface area contributed by atoms with Crippen molar-refractivity contribution in [2.75, 3.05) is 13.2 Å². The number of hydrogen-bond donors (Lipinski definition) is 1. The second kappa shape index (κ2) is 7.42. The standard InChI is InChI=1S/C26H30N4O2/c1-16(2)23-21-13-19(18-6-8-26(9-7-18)31-10-11-32-26)4-5-22(21)29-24(23)20-12-17(3)25-27-15-28-30(25)14-20/h4-5,12-16,18,29H,6-11H2,1-3H3. The Morgan fingerprint density at radius 2 is 1.91 bits per heavy atom. The fourth-order valence-electron chi connectivity index (χ4n) is 5.72. The average molecular weight is 431 g/mol. The number of benzene rings is 1. The largest absolute Gasteiger partial charge is 0.354 e. The predicted molar refractivity (Wildman–Crippen MR) is 125 cm³/mol. The Morgan fingerprint density at radius 3 is 2.66 bits per heavy atom. The van der Waals surface area contributed by atoms with Crippen LogP contribution in [0.5, 0.6) is 0 Å². The van der Waals surface area contributed by atoms with E-state index in [1.807, 2.05) is 4.52 Å². The highest BCUT2D eigenvalue weighted by molar-refractivity contribution is 5.92. The fraction of sp³-hybridized carbons (Fsp3) is 0.462. The number of pyridine rings is 1. The molecular weight excluding hydrogens is 400 g/mol. The molecule has 1 saturated heterocycles. The van der Waals surface area contributed by atoms with Crippen molar-refractivity contribution in [2.24, 2.45) is 0 Å². The van der Waals surface area contributed by atoms with Gasteiger partial charge in [0.2, 0.25) is 0 Å². The normalized spacial score (nSPS) is 19.1. The van der Waals surface area contributed by atoms with Crippen molar-refractivity contribution in [1.82, 2.24) is 19.6 Å². The number of nitrogens with one attached hydrogen (secondary N) is 1. The van der Waals surface area contributed by atoms with Crippen molar-refractivity contribution in [1.29, 1.82) is 0 Å². The van der Waals surface area contributed by atoms with Crippen LogP contribution < -0.4 is 0 Å². The molecule has 1 aliphatic heterocycles. The zero-order valence-electron chi connectivity index (χ0n) is 19.0. The summed E-state index contributed by atoms with van der Waals surface area (Å²) in [6, 6.07) is 9.19. The maximum Gasteiger partial charge on any atom is 0.168 e. The maximum atomic E-state index is 5.93. The Balaban J connectivity index is 1.40. The van der Waals surface area contributed by atoms with Gasteiger partial charge < -0.3 is 14.5 Å². The SMILES string of the molecule is Cc1cc(-c2[nH]c3ccc(C4CCC5(CC4)OCCO5)cc3c2C(C)C)cn2ncnc12. The molecule has 0 radical (unpaired) electrons. The Labute approximate surface area is 187 Å². The van der Waals surface area contributed by atoms with E-state index >= 15 is 0 Å². The van der Waals surface area contributed by atoms with Gasteiger partial charge >= 0.3 is 0 Å². The Morgan fingerprint density at radius 1 is 1.12 bits per heavy atom. The number of aryl methyl sites for hydroxylation is 1. The van der Waals surface area contributed by atoms with Crippen molar-refractivity contribution < 1.29 is 9.47 Å². The smallest absolute Gasteiger partial charge is 0.168 e. The molecule has 0 bridgehead atoms. The van der Waals surface area contributed by atoms with Gasteiger partial charge in [-0.25, -0.2) is 9.50 Å². The third-order valence-electron chi connectivity index (χ3n) is 7.32. The highest BCUT2D eigenvalue weighted by Crippen LogP contribution is 2.44. The van der Waals surface area contributed by atoms with Gasteiger partial charge in [-0.15, -0.1) is 0 Å². The minimum Gasteiger partial charge on any atom is -0.354 e. The van der Waals surface area contributed by atoms with Gasteiger partial charge in [-0.1, -0.05) is 19.9 Å². The fourth-order valence-corrected chi connectivity index (χ4v) is 5.72. The third-order valence-corrected chi connectivity index (χ3v) is 7.32. The number of hydrogen-bond acceptors (Lipinski definition) is 4. The maximum absolute atomic E-state index is 5.93. The second-order valence-corrected chi connectivity index (χ2v) is 9.70. The molecule has 1 saturated carbocycles. The highest BCUT2D eigenvalue weighted by atomic mass is 16.7. The summed E-state index contributed by atoms with van der Waals surface area (Å²) in [6.07, 6.45) is 7.90. The predicted octanol–water partition coefficient (Wildman–Crippen LogP) is 5.71. The second-order valence-electron chi connectivity index (χ2n) is 9.70. The van der Waals surface area contributed by atoms with E-state index in [0.29, 0.717) is 11.8 Å². The number of aromatic nitrogens is 4. The minimum atomic E-state index is -0.303. The molecule has 0 unspecified atom stereocenters. The molecule has 166 valence electrons. The first-order chi connectivity index (χ1) is 15.5. The van der Waals surface area contributed by atoms with Gasteiger partial charge in [0.15, 0.2) is 11.4 Å². The first-order valence-corrected chi connectivity index (χ1v) is 11.8. The number of nitrogens with zero attached hydrogens (tertiary/aromatic N) is 3. The van der Waals surface area contributed by atoms with E-state index in [1.54, 1.807) is 6.33 Å². The van der Waals surface area contributed by atoms with Gasteiger partial charge in [0.05, 0.1) is 18.9 Å². The average Bonchev–Trinajstić information content (AvgIpc) is 3.52. The zero-order chi connectivity index (χ0) is 21.9. The van der Waals surface area contributed by atoms with E-state index in [9.17, 15) is 0 Å². The van der Waals surface area contributed by atoms with Crippen LogP contribution in [0, 0.1) is 6.92 Å². The van der Waals surface area contributed by atoms with Crippen LogP contribution in [0.3, 0.4) is 0 Å². The summed E-state index contributed by atoms with van der Waals surface area (Å²) in [7, 11) is 0. The van der Waals surface area contributed by atoms with Crippen molar-refractivity contribution >= 4 is 16.6 Å². The van der Waals surface area contributed by atoms with Crippen LogP contribution in [-0.2, 0) is 9.47 Å². The first kappa shape index (κ1) is 19.9. The number of H-pyrrole nitrogens is 1. The van der Waals surface area contributed by atoms with Gasteiger partial charge in [-0.05, 0) is 66.5 Å². The topological polar surface area (TPSA) is 64.4 Å².